The van der Waals surface area contributed by atoms with E-state index in [2.05, 4.69) is 36.4 Å². The summed E-state index contributed by atoms with van der Waals surface area (Å²) in [4.78, 5) is 85.1. The Morgan fingerprint density at radius 1 is 0.980 bits per heavy atom. The summed E-state index contributed by atoms with van der Waals surface area (Å²) in [6, 6.07) is 9.79. The summed E-state index contributed by atoms with van der Waals surface area (Å²) in [6.45, 7) is 0. The van der Waals surface area contributed by atoms with E-state index >= 15 is 0 Å². The van der Waals surface area contributed by atoms with Crippen molar-refractivity contribution in [2.45, 2.75) is 24.7 Å². The molecule has 4 aliphatic carbocycles. The fraction of sp³-hybridized carbons (Fsp3) is 0.139. The molecule has 14 nitrogen and oxygen atoms in total. The second-order valence-corrected chi connectivity index (χ2v) is 13.1. The number of hydrogen-bond donors (Lipinski definition) is 6. The number of phenols is 1. The number of fused-ring (bicyclic) bond motifs is 5. The molecule has 1 amide bonds. The number of aliphatic hydroxyl groups excluding tert-OH is 2. The van der Waals surface area contributed by atoms with Crippen LogP contribution in [0.2, 0.25) is 0 Å². The summed E-state index contributed by atoms with van der Waals surface area (Å²) in [5.74, 6) is -3.12. The van der Waals surface area contributed by atoms with Crippen LogP contribution in [0.4, 0.5) is 0 Å². The Labute approximate surface area is 290 Å². The molecule has 0 unspecified atom stereocenters. The molecule has 0 radical (unpaired) electrons. The number of hydrazone groups is 1. The van der Waals surface area contributed by atoms with E-state index in [4.69, 9.17) is 4.74 Å². The number of aromatic nitrogens is 2. The molecule has 0 fully saturated rings. The number of H-pyrrole nitrogens is 2. The molecule has 2 heterocycles. The van der Waals surface area contributed by atoms with Crippen molar-refractivity contribution in [2.75, 3.05) is 7.11 Å². The average Bonchev–Trinajstić information content (AvgIpc) is 3.77. The molecule has 4 aromatic rings. The first-order valence-electron chi connectivity index (χ1n) is 15.4. The van der Waals surface area contributed by atoms with Gasteiger partial charge in [0.25, 0.3) is 5.56 Å². The van der Waals surface area contributed by atoms with Gasteiger partial charge in [0.2, 0.25) is 22.2 Å². The lowest BCUT2D eigenvalue weighted by Crippen LogP contribution is -2.51. The Kier molecular flexibility index (Phi) is 6.93. The van der Waals surface area contributed by atoms with Gasteiger partial charge in [-0.05, 0) is 52.0 Å². The highest BCUT2D eigenvalue weighted by atomic mass is 79.9. The maximum absolute atomic E-state index is 13.7. The topological polar surface area (TPSA) is 228 Å². The first-order valence-corrected chi connectivity index (χ1v) is 16.2. The minimum atomic E-state index is -2.05. The molecule has 2 aromatic carbocycles. The van der Waals surface area contributed by atoms with E-state index in [-0.39, 0.29) is 41.3 Å². The molecule has 4 aliphatic rings. The van der Waals surface area contributed by atoms with Crippen LogP contribution in [0.5, 0.6) is 11.5 Å². The lowest BCUT2D eigenvalue weighted by Gasteiger charge is -2.27. The molecule has 1 spiro atoms. The van der Waals surface area contributed by atoms with Crippen molar-refractivity contribution < 1.29 is 24.9 Å². The van der Waals surface area contributed by atoms with Crippen molar-refractivity contribution in [1.29, 1.82) is 0 Å². The van der Waals surface area contributed by atoms with Crippen molar-refractivity contribution in [1.82, 2.24) is 15.4 Å². The summed E-state index contributed by atoms with van der Waals surface area (Å²) in [5.41, 5.74) is -2.69. The van der Waals surface area contributed by atoms with Gasteiger partial charge in [0.05, 0.1) is 51.7 Å². The predicted octanol–water partition coefficient (Wildman–Crippen LogP) is 0.450. The van der Waals surface area contributed by atoms with Crippen molar-refractivity contribution in [2.24, 2.45) is 5.10 Å². The Hall–Kier alpha value is -6.35. The first-order chi connectivity index (χ1) is 24.4. The normalized spacial score (nSPS) is 16.6. The number of carbonyl (C=O) groups excluding carboxylic acids is 1. The van der Waals surface area contributed by atoms with E-state index < -0.39 is 82.5 Å². The molecule has 0 bridgehead atoms. The number of benzene rings is 2. The number of phenolic OH excluding ortho intramolecular Hbond substituents is 1. The number of rotatable bonds is 5. The number of nitrogens with zero attached hydrogens (tertiary/aromatic N) is 1. The monoisotopic (exact) mass is 750 g/mol. The number of para-hydroxylation sites is 1. The zero-order valence-corrected chi connectivity index (χ0v) is 27.9. The van der Waals surface area contributed by atoms with Gasteiger partial charge in [0.1, 0.15) is 22.7 Å². The number of hydrogen-bond acceptors (Lipinski definition) is 11. The van der Waals surface area contributed by atoms with Gasteiger partial charge in [-0.1, -0.05) is 18.2 Å². The fourth-order valence-corrected chi connectivity index (χ4v) is 8.25. The Balaban J connectivity index is 1.23. The fourth-order valence-electron chi connectivity index (χ4n) is 7.55. The summed E-state index contributed by atoms with van der Waals surface area (Å²) in [6.07, 6.45) is 2.93. The van der Waals surface area contributed by atoms with Gasteiger partial charge in [0.15, 0.2) is 11.2 Å². The highest BCUT2D eigenvalue weighted by Crippen LogP contribution is 2.56. The number of ether oxygens (including phenoxy) is 1. The molecule has 0 saturated heterocycles. The van der Waals surface area contributed by atoms with Crippen molar-refractivity contribution in [3.63, 3.8) is 0 Å². The van der Waals surface area contributed by atoms with Crippen molar-refractivity contribution >= 4 is 61.2 Å². The summed E-state index contributed by atoms with van der Waals surface area (Å²) in [5, 5.41) is 37.0. The van der Waals surface area contributed by atoms with E-state index in [1.54, 1.807) is 6.20 Å². The van der Waals surface area contributed by atoms with E-state index in [1.807, 2.05) is 24.3 Å². The van der Waals surface area contributed by atoms with Gasteiger partial charge >= 0.3 is 0 Å². The quantitative estimate of drug-likeness (QED) is 0.105. The molecule has 15 heteroatoms. The minimum Gasteiger partial charge on any atom is -0.510 e. The number of pyridine rings is 1. The molecule has 6 N–H and O–H groups in total. The minimum absolute atomic E-state index is 0.0441. The Bertz CT molecular complexity index is 3100. The van der Waals surface area contributed by atoms with Gasteiger partial charge in [-0.2, -0.15) is 5.10 Å². The second-order valence-electron chi connectivity index (χ2n) is 12.4. The third-order valence-electron chi connectivity index (χ3n) is 9.80. The van der Waals surface area contributed by atoms with E-state index in [9.17, 15) is 44.1 Å². The van der Waals surface area contributed by atoms with Gasteiger partial charge in [-0.15, -0.1) is 0 Å². The number of aromatic hydroxyl groups is 1. The number of amides is 1. The van der Waals surface area contributed by atoms with Gasteiger partial charge < -0.3 is 30.0 Å². The number of methoxy groups -OCH3 is 1. The third-order valence-corrected chi connectivity index (χ3v) is 10.7. The summed E-state index contributed by atoms with van der Waals surface area (Å²) in [7, 11) is 1.11. The van der Waals surface area contributed by atoms with Gasteiger partial charge in [-0.3, -0.25) is 28.8 Å². The highest BCUT2D eigenvalue weighted by Gasteiger charge is 2.53. The Morgan fingerprint density at radius 2 is 1.69 bits per heavy atom. The van der Waals surface area contributed by atoms with Crippen molar-refractivity contribution in [3.8, 4) is 11.5 Å². The van der Waals surface area contributed by atoms with Crippen LogP contribution in [0.1, 0.15) is 28.8 Å². The van der Waals surface area contributed by atoms with Crippen LogP contribution in [0.3, 0.4) is 0 Å². The van der Waals surface area contributed by atoms with Crippen LogP contribution >= 0.6 is 15.9 Å². The number of carbonyl (C=O) groups is 1. The molecule has 0 saturated carbocycles. The third kappa shape index (κ3) is 4.24. The molecule has 51 heavy (non-hydrogen) atoms. The molecular formula is C36H23BrN4O10. The lowest BCUT2D eigenvalue weighted by atomic mass is 9.78. The smallest absolute Gasteiger partial charge is 0.260 e. The molecule has 8 rings (SSSR count). The van der Waals surface area contributed by atoms with Gasteiger partial charge in [-0.25, -0.2) is 5.43 Å². The van der Waals surface area contributed by atoms with Crippen molar-refractivity contribution in [3.05, 3.63) is 142 Å². The van der Waals surface area contributed by atoms with E-state index in [1.165, 1.54) is 12.3 Å². The molecule has 0 aliphatic heterocycles. The van der Waals surface area contributed by atoms with Crippen LogP contribution in [0, 0.1) is 10.4 Å². The van der Waals surface area contributed by atoms with Gasteiger partial charge in [0, 0.05) is 38.6 Å². The summed E-state index contributed by atoms with van der Waals surface area (Å²) >= 11 is 3.50. The van der Waals surface area contributed by atoms with Crippen LogP contribution in [0.25, 0.3) is 33.2 Å². The number of halogens is 1. The molecule has 2 aromatic heterocycles. The van der Waals surface area contributed by atoms with Crippen LogP contribution in [-0.2, 0) is 23.1 Å². The second kappa shape index (κ2) is 11.1. The number of nitrogens with one attached hydrogen (secondary N) is 3. The predicted molar refractivity (Wildman–Crippen MR) is 189 cm³/mol. The maximum atomic E-state index is 13.7. The molecule has 1 atom stereocenters. The zero-order chi connectivity index (χ0) is 36.1. The number of aliphatic hydroxyl groups is 2. The molecular weight excluding hydrogens is 728 g/mol. The highest BCUT2D eigenvalue weighted by molar-refractivity contribution is 9.10. The molecule has 254 valence electrons. The largest absolute Gasteiger partial charge is 0.510 e. The zero-order valence-electron chi connectivity index (χ0n) is 26.3. The lowest BCUT2D eigenvalue weighted by molar-refractivity contribution is -0.120. The van der Waals surface area contributed by atoms with Crippen LogP contribution in [0.15, 0.2) is 76.1 Å². The SMILES string of the molecule is COc1cc(=O)c2c(=O)c3c(c(=O)c=2c1=O)=C(O)[C@]1(CCc2c1c(O)c1c(=O)[nH]c(/C=N/NC(=O)Cc4c[nH]c5ccccc45)cc1c2Br)C=3O. The standard InChI is InChI=1S/C36H23BrN4O10/c1-51-20-10-19(42)23-24(29(20)44)31(46)26-25(30(23)45)33(48)36(34(26)49)7-6-16-27(36)32(47)22-17(28(16)37)9-14(40-35(22)50)12-39-41-21(43)8-13-11-38-18-5-3-2-4-15(13)18/h2-5,9-12,38,47-49H,6-8H2,1H3,(H,40,50)(H,41,43)/b39-12+/t36-/m0/s1. The Morgan fingerprint density at radius 3 is 2.41 bits per heavy atom. The number of aromatic amines is 2. The first kappa shape index (κ1) is 31.9. The maximum Gasteiger partial charge on any atom is 0.260 e. The van der Waals surface area contributed by atoms with Crippen LogP contribution in [-0.4, -0.2) is 44.5 Å². The van der Waals surface area contributed by atoms with E-state index in [0.717, 1.165) is 29.6 Å². The average molecular weight is 752 g/mol. The summed E-state index contributed by atoms with van der Waals surface area (Å²) < 4.78 is 5.22. The van der Waals surface area contributed by atoms with E-state index in [0.29, 0.717) is 10.0 Å². The van der Waals surface area contributed by atoms with Crippen LogP contribution < -0.4 is 47.9 Å².